The van der Waals surface area contributed by atoms with E-state index >= 15 is 0 Å². The zero-order valence-electron chi connectivity index (χ0n) is 19.4. The van der Waals surface area contributed by atoms with E-state index in [1.807, 2.05) is 37.3 Å². The molecule has 174 valence electrons. The number of fused-ring (bicyclic) bond motifs is 1. The van der Waals surface area contributed by atoms with Crippen LogP contribution in [0.3, 0.4) is 0 Å². The van der Waals surface area contributed by atoms with Crippen LogP contribution in [0, 0.1) is 6.92 Å². The molecular weight excluding hydrogens is 450 g/mol. The summed E-state index contributed by atoms with van der Waals surface area (Å²) in [6.45, 7) is 7.97. The first-order valence-corrected chi connectivity index (χ1v) is 12.1. The number of benzene rings is 2. The van der Waals surface area contributed by atoms with Gasteiger partial charge in [-0.2, -0.15) is 0 Å². The van der Waals surface area contributed by atoms with Gasteiger partial charge in [0.15, 0.2) is 0 Å². The van der Waals surface area contributed by atoms with Gasteiger partial charge in [0, 0.05) is 12.0 Å². The molecule has 2 aromatic carbocycles. The molecule has 0 spiro atoms. The van der Waals surface area contributed by atoms with Gasteiger partial charge in [-0.1, -0.05) is 49.4 Å². The number of ether oxygens (including phenoxy) is 1. The van der Waals surface area contributed by atoms with Gasteiger partial charge < -0.3 is 9.84 Å². The summed E-state index contributed by atoms with van der Waals surface area (Å²) in [5, 5.41) is 20.5. The summed E-state index contributed by atoms with van der Waals surface area (Å²) in [4.78, 5) is 27.8. The predicted molar refractivity (Wildman–Crippen MR) is 130 cm³/mol. The Labute approximate surface area is 201 Å². The fourth-order valence-corrected chi connectivity index (χ4v) is 5.23. The maximum Gasteiger partial charge on any atom is 0.301 e. The average molecular weight is 476 g/mol. The molecular formula is C26H25N3O4S. The Bertz CT molecular complexity index is 1330. The second kappa shape index (κ2) is 8.36. The van der Waals surface area contributed by atoms with Crippen LogP contribution < -0.4 is 9.64 Å². The Morgan fingerprint density at radius 1 is 1.15 bits per heavy atom. The Hall–Kier alpha value is -3.52. The summed E-state index contributed by atoms with van der Waals surface area (Å²) < 4.78 is 5.76. The van der Waals surface area contributed by atoms with Crippen LogP contribution in [0.2, 0.25) is 0 Å². The maximum atomic E-state index is 13.3. The lowest BCUT2D eigenvalue weighted by atomic mass is 9.93. The fourth-order valence-electron chi connectivity index (χ4n) is 4.52. The van der Waals surface area contributed by atoms with E-state index in [0.717, 1.165) is 28.9 Å². The smallest absolute Gasteiger partial charge is 0.301 e. The molecule has 1 fully saturated rings. The molecule has 0 bridgehead atoms. The number of aliphatic hydroxyl groups is 1. The summed E-state index contributed by atoms with van der Waals surface area (Å²) in [6, 6.07) is 12.3. The molecule has 1 amide bonds. The summed E-state index contributed by atoms with van der Waals surface area (Å²) in [6.07, 6.45) is 0.771. The van der Waals surface area contributed by atoms with E-state index in [2.05, 4.69) is 24.0 Å². The molecule has 0 unspecified atom stereocenters. The van der Waals surface area contributed by atoms with Gasteiger partial charge in [-0.25, -0.2) is 0 Å². The Morgan fingerprint density at radius 3 is 2.53 bits per heavy atom. The Kier molecular flexibility index (Phi) is 5.48. The third-order valence-corrected chi connectivity index (χ3v) is 7.09. The van der Waals surface area contributed by atoms with Crippen LogP contribution in [0.4, 0.5) is 5.13 Å². The minimum absolute atomic E-state index is 0.0436. The largest absolute Gasteiger partial charge is 0.507 e. The van der Waals surface area contributed by atoms with Crippen LogP contribution in [0.15, 0.2) is 48.0 Å². The standard InChI is InChI=1S/C26H25N3O4S/c1-13(2)16-5-7-17(8-6-16)22-21(24(31)25(32)29(22)26-28-27-15(4)34-26)23(30)18-9-10-20-19(12-18)11-14(3)33-20/h5-10,12-14,22,30H,11H2,1-4H3/t14-,22-/m0/s1. The van der Waals surface area contributed by atoms with Gasteiger partial charge in [0.25, 0.3) is 5.78 Å². The number of aryl methyl sites for hydroxylation is 1. The maximum absolute atomic E-state index is 13.3. The summed E-state index contributed by atoms with van der Waals surface area (Å²) in [5.74, 6) is -0.568. The van der Waals surface area contributed by atoms with Gasteiger partial charge in [0.05, 0.1) is 11.6 Å². The van der Waals surface area contributed by atoms with Crippen LogP contribution >= 0.6 is 11.3 Å². The van der Waals surface area contributed by atoms with Crippen molar-refractivity contribution in [1.82, 2.24) is 10.2 Å². The number of hydrogen-bond acceptors (Lipinski definition) is 7. The van der Waals surface area contributed by atoms with Crippen molar-refractivity contribution in [2.24, 2.45) is 0 Å². The number of hydrogen-bond donors (Lipinski definition) is 1. The normalized spacial score (nSPS) is 21.3. The quantitative estimate of drug-likeness (QED) is 0.327. The molecule has 34 heavy (non-hydrogen) atoms. The minimum Gasteiger partial charge on any atom is -0.507 e. The van der Waals surface area contributed by atoms with Crippen LogP contribution in [0.1, 0.15) is 60.0 Å². The van der Waals surface area contributed by atoms with Crippen molar-refractivity contribution in [1.29, 1.82) is 0 Å². The van der Waals surface area contributed by atoms with E-state index in [0.29, 0.717) is 21.6 Å². The van der Waals surface area contributed by atoms with Crippen LogP contribution in [0.25, 0.3) is 5.76 Å². The highest BCUT2D eigenvalue weighted by molar-refractivity contribution is 7.15. The average Bonchev–Trinajstić information content (AvgIpc) is 3.48. The molecule has 0 aliphatic carbocycles. The lowest BCUT2D eigenvalue weighted by Crippen LogP contribution is -2.29. The number of nitrogens with zero attached hydrogens (tertiary/aromatic N) is 3. The SMILES string of the molecule is Cc1nnc(N2C(=O)C(=O)C(=C(O)c3ccc4c(c3)C[C@H](C)O4)[C@@H]2c2ccc(C(C)C)cc2)s1. The highest BCUT2D eigenvalue weighted by Gasteiger charge is 2.48. The van der Waals surface area contributed by atoms with Crippen LogP contribution in [-0.4, -0.2) is 33.1 Å². The van der Waals surface area contributed by atoms with E-state index in [9.17, 15) is 14.7 Å². The van der Waals surface area contributed by atoms with Crippen molar-refractivity contribution in [3.63, 3.8) is 0 Å². The number of anilines is 1. The Morgan fingerprint density at radius 2 is 1.88 bits per heavy atom. The third-order valence-electron chi connectivity index (χ3n) is 6.25. The van der Waals surface area contributed by atoms with Gasteiger partial charge in [-0.3, -0.25) is 14.5 Å². The second-order valence-electron chi connectivity index (χ2n) is 9.05. The molecule has 0 radical (unpaired) electrons. The topological polar surface area (TPSA) is 92.6 Å². The van der Waals surface area contributed by atoms with Crippen molar-refractivity contribution in [2.75, 3.05) is 4.90 Å². The fraction of sp³-hybridized carbons (Fsp3) is 0.308. The second-order valence-corrected chi connectivity index (χ2v) is 10.2. The number of carbonyl (C=O) groups excluding carboxylic acids is 2. The van der Waals surface area contributed by atoms with Crippen LogP contribution in [-0.2, 0) is 16.0 Å². The van der Waals surface area contributed by atoms with Gasteiger partial charge in [-0.05, 0) is 54.7 Å². The molecule has 5 rings (SSSR count). The molecule has 2 aliphatic rings. The van der Waals surface area contributed by atoms with Gasteiger partial charge in [0.1, 0.15) is 22.6 Å². The number of amides is 1. The van der Waals surface area contributed by atoms with E-state index in [4.69, 9.17) is 4.74 Å². The number of ketones is 1. The number of aliphatic hydroxyl groups excluding tert-OH is 1. The molecule has 7 nitrogen and oxygen atoms in total. The summed E-state index contributed by atoms with van der Waals surface area (Å²) in [5.41, 5.74) is 3.34. The molecule has 8 heteroatoms. The number of carbonyl (C=O) groups is 2. The molecule has 0 saturated carbocycles. The summed E-state index contributed by atoms with van der Waals surface area (Å²) in [7, 11) is 0. The molecule has 2 atom stereocenters. The molecule has 2 aliphatic heterocycles. The molecule has 1 N–H and O–H groups in total. The molecule has 3 heterocycles. The monoisotopic (exact) mass is 475 g/mol. The molecule has 3 aromatic rings. The van der Waals surface area contributed by atoms with Crippen molar-refractivity contribution < 1.29 is 19.4 Å². The predicted octanol–water partition coefficient (Wildman–Crippen LogP) is 4.92. The van der Waals surface area contributed by atoms with Crippen LogP contribution in [0.5, 0.6) is 5.75 Å². The van der Waals surface area contributed by atoms with Crippen molar-refractivity contribution in [2.45, 2.75) is 52.2 Å². The summed E-state index contributed by atoms with van der Waals surface area (Å²) >= 11 is 1.23. The van der Waals surface area contributed by atoms with Crippen molar-refractivity contribution in [3.8, 4) is 5.75 Å². The number of aromatic nitrogens is 2. The lowest BCUT2D eigenvalue weighted by Gasteiger charge is -2.23. The minimum atomic E-state index is -0.808. The molecule has 1 saturated heterocycles. The van der Waals surface area contributed by atoms with Crippen molar-refractivity contribution in [3.05, 3.63) is 75.3 Å². The number of rotatable bonds is 4. The lowest BCUT2D eigenvalue weighted by molar-refractivity contribution is -0.132. The van der Waals surface area contributed by atoms with E-state index < -0.39 is 17.7 Å². The van der Waals surface area contributed by atoms with E-state index in [1.54, 1.807) is 19.1 Å². The van der Waals surface area contributed by atoms with Gasteiger partial charge >= 0.3 is 5.91 Å². The highest BCUT2D eigenvalue weighted by Crippen LogP contribution is 2.43. The first-order valence-electron chi connectivity index (χ1n) is 11.3. The van der Waals surface area contributed by atoms with Gasteiger partial charge in [0.2, 0.25) is 5.13 Å². The Balaban J connectivity index is 1.67. The first kappa shape index (κ1) is 22.3. The van der Waals surface area contributed by atoms with Gasteiger partial charge in [-0.15, -0.1) is 10.2 Å². The zero-order chi connectivity index (χ0) is 24.1. The highest BCUT2D eigenvalue weighted by atomic mass is 32.1. The first-order chi connectivity index (χ1) is 16.2. The van der Waals surface area contributed by atoms with Crippen molar-refractivity contribution >= 4 is 33.9 Å². The third kappa shape index (κ3) is 3.68. The zero-order valence-corrected chi connectivity index (χ0v) is 20.2. The number of Topliss-reactive ketones (excluding diaryl/α,β-unsaturated/α-hetero) is 1. The van der Waals surface area contributed by atoms with E-state index in [-0.39, 0.29) is 17.4 Å². The molecule has 1 aromatic heterocycles. The van der Waals surface area contributed by atoms with E-state index in [1.165, 1.54) is 16.2 Å².